The zero-order chi connectivity index (χ0) is 15.6. The second kappa shape index (κ2) is 9.71. The molecule has 7 heteroatoms. The van der Waals surface area contributed by atoms with Crippen LogP contribution in [0.25, 0.3) is 0 Å². The maximum absolute atomic E-state index is 4.67. The van der Waals surface area contributed by atoms with Crippen molar-refractivity contribution in [2.45, 2.75) is 51.6 Å². The Hall–Kier alpha value is -1.24. The van der Waals surface area contributed by atoms with Crippen LogP contribution in [0.2, 0.25) is 0 Å². The quantitative estimate of drug-likeness (QED) is 0.433. The maximum Gasteiger partial charge on any atom is 0.191 e. The van der Waals surface area contributed by atoms with Gasteiger partial charge in [0.15, 0.2) is 5.96 Å². The van der Waals surface area contributed by atoms with Gasteiger partial charge < -0.3 is 15.2 Å². The fourth-order valence-corrected chi connectivity index (χ4v) is 2.97. The zero-order valence-electron chi connectivity index (χ0n) is 13.7. The van der Waals surface area contributed by atoms with Gasteiger partial charge in [0.05, 0.1) is 6.54 Å². The van der Waals surface area contributed by atoms with Gasteiger partial charge in [0, 0.05) is 31.3 Å². The molecule has 1 aliphatic carbocycles. The molecule has 1 aromatic heterocycles. The molecule has 0 radical (unpaired) electrons. The van der Waals surface area contributed by atoms with Crippen LogP contribution in [0.4, 0.5) is 0 Å². The largest absolute Gasteiger partial charge is 0.355 e. The van der Waals surface area contributed by atoms with Crippen LogP contribution in [0.15, 0.2) is 11.3 Å². The monoisotopic (exact) mass is 324 g/mol. The minimum Gasteiger partial charge on any atom is -0.355 e. The van der Waals surface area contributed by atoms with Gasteiger partial charge in [-0.05, 0) is 19.1 Å². The van der Waals surface area contributed by atoms with Gasteiger partial charge in [-0.25, -0.2) is 0 Å². The van der Waals surface area contributed by atoms with E-state index < -0.39 is 0 Å². The van der Waals surface area contributed by atoms with Crippen molar-refractivity contribution in [2.24, 2.45) is 4.99 Å². The number of aryl methyl sites for hydroxylation is 1. The Balaban J connectivity index is 1.81. The Morgan fingerprint density at radius 3 is 3.00 bits per heavy atom. The van der Waals surface area contributed by atoms with E-state index in [9.17, 15) is 0 Å². The molecule has 0 spiro atoms. The Morgan fingerprint density at radius 2 is 2.27 bits per heavy atom. The summed E-state index contributed by atoms with van der Waals surface area (Å²) in [6.07, 6.45) is 10.0. The molecule has 2 N–H and O–H groups in total. The molecule has 0 amide bonds. The fraction of sp³-hybridized carbons (Fsp3) is 0.800. The fourth-order valence-electron chi connectivity index (χ4n) is 2.70. The van der Waals surface area contributed by atoms with Crippen LogP contribution < -0.4 is 10.6 Å². The summed E-state index contributed by atoms with van der Waals surface area (Å²) in [5, 5.41) is 15.1. The second-order valence-electron chi connectivity index (χ2n) is 5.57. The predicted molar refractivity (Wildman–Crippen MR) is 93.5 cm³/mol. The highest BCUT2D eigenvalue weighted by atomic mass is 32.2. The lowest BCUT2D eigenvalue weighted by atomic mass is 10.2. The van der Waals surface area contributed by atoms with Crippen LogP contribution >= 0.6 is 11.8 Å². The molecule has 0 saturated heterocycles. The van der Waals surface area contributed by atoms with Crippen LogP contribution in [0.5, 0.6) is 0 Å². The molecule has 124 valence electrons. The first-order valence-electron chi connectivity index (χ1n) is 8.24. The summed E-state index contributed by atoms with van der Waals surface area (Å²) < 4.78 is 2.10. The number of guanidine groups is 1. The van der Waals surface area contributed by atoms with Crippen LogP contribution in [0.3, 0.4) is 0 Å². The summed E-state index contributed by atoms with van der Waals surface area (Å²) in [4.78, 5) is 4.67. The van der Waals surface area contributed by atoms with Crippen LogP contribution in [-0.4, -0.2) is 51.9 Å². The van der Waals surface area contributed by atoms with E-state index in [1.165, 1.54) is 25.7 Å². The molecule has 1 fully saturated rings. The molecule has 1 aliphatic rings. The van der Waals surface area contributed by atoms with Crippen molar-refractivity contribution < 1.29 is 0 Å². The van der Waals surface area contributed by atoms with Crippen molar-refractivity contribution in [3.05, 3.63) is 12.2 Å². The van der Waals surface area contributed by atoms with Gasteiger partial charge in [0.25, 0.3) is 0 Å². The molecular formula is C15H28N6S. The standard InChI is InChI=1S/C15H28N6S/c1-3-14-20-18-12-21(14)10-8-16-15(17-9-11-22-2)19-13-6-4-5-7-13/h12-13H,3-11H2,1-2H3,(H2,16,17,19). The summed E-state index contributed by atoms with van der Waals surface area (Å²) in [5.41, 5.74) is 0. The molecule has 0 atom stereocenters. The summed E-state index contributed by atoms with van der Waals surface area (Å²) >= 11 is 1.83. The maximum atomic E-state index is 4.67. The number of nitrogens with zero attached hydrogens (tertiary/aromatic N) is 4. The van der Waals surface area contributed by atoms with E-state index in [2.05, 4.69) is 43.6 Å². The zero-order valence-corrected chi connectivity index (χ0v) is 14.5. The number of hydrogen-bond acceptors (Lipinski definition) is 4. The van der Waals surface area contributed by atoms with Gasteiger partial charge in [-0.3, -0.25) is 4.99 Å². The van der Waals surface area contributed by atoms with Gasteiger partial charge in [0.1, 0.15) is 12.2 Å². The Morgan fingerprint density at radius 1 is 1.45 bits per heavy atom. The van der Waals surface area contributed by atoms with Crippen molar-refractivity contribution in [1.29, 1.82) is 0 Å². The molecule has 0 bridgehead atoms. The Labute approximate surface area is 137 Å². The van der Waals surface area contributed by atoms with Crippen LogP contribution in [0.1, 0.15) is 38.4 Å². The van der Waals surface area contributed by atoms with Gasteiger partial charge in [-0.15, -0.1) is 10.2 Å². The van der Waals surface area contributed by atoms with Crippen molar-refractivity contribution in [3.63, 3.8) is 0 Å². The number of thioether (sulfide) groups is 1. The number of rotatable bonds is 8. The van der Waals surface area contributed by atoms with E-state index in [-0.39, 0.29) is 0 Å². The average Bonchev–Trinajstić information content (AvgIpc) is 3.18. The number of aliphatic imine (C=N–C) groups is 1. The smallest absolute Gasteiger partial charge is 0.191 e. The molecule has 2 rings (SSSR count). The molecule has 22 heavy (non-hydrogen) atoms. The van der Waals surface area contributed by atoms with E-state index in [0.717, 1.165) is 43.6 Å². The third kappa shape index (κ3) is 5.51. The van der Waals surface area contributed by atoms with Crippen molar-refractivity contribution in [1.82, 2.24) is 25.4 Å². The molecule has 1 saturated carbocycles. The van der Waals surface area contributed by atoms with E-state index in [4.69, 9.17) is 0 Å². The molecule has 6 nitrogen and oxygen atoms in total. The van der Waals surface area contributed by atoms with E-state index in [0.29, 0.717) is 6.04 Å². The first-order chi connectivity index (χ1) is 10.8. The van der Waals surface area contributed by atoms with Crippen LogP contribution in [-0.2, 0) is 13.0 Å². The molecule has 0 unspecified atom stereocenters. The number of aromatic nitrogens is 3. The van der Waals surface area contributed by atoms with Gasteiger partial charge in [0.2, 0.25) is 0 Å². The molecule has 1 heterocycles. The topological polar surface area (TPSA) is 67.1 Å². The van der Waals surface area contributed by atoms with Gasteiger partial charge in [-0.2, -0.15) is 11.8 Å². The van der Waals surface area contributed by atoms with Gasteiger partial charge in [-0.1, -0.05) is 19.8 Å². The SMILES string of the molecule is CCc1nncn1CCNC(=NCCSC)NC1CCCC1. The summed E-state index contributed by atoms with van der Waals surface area (Å²) in [5.74, 6) is 3.04. The Kier molecular flexibility index (Phi) is 7.56. The molecule has 0 aliphatic heterocycles. The highest BCUT2D eigenvalue weighted by Crippen LogP contribution is 2.17. The van der Waals surface area contributed by atoms with E-state index in [1.54, 1.807) is 6.33 Å². The lowest BCUT2D eigenvalue weighted by Gasteiger charge is -2.17. The number of hydrogen-bond donors (Lipinski definition) is 2. The number of nitrogens with one attached hydrogen (secondary N) is 2. The van der Waals surface area contributed by atoms with Crippen molar-refractivity contribution >= 4 is 17.7 Å². The predicted octanol–water partition coefficient (Wildman–Crippen LogP) is 1.68. The normalized spacial score (nSPS) is 16.2. The highest BCUT2D eigenvalue weighted by molar-refractivity contribution is 7.98. The lowest BCUT2D eigenvalue weighted by Crippen LogP contribution is -2.43. The van der Waals surface area contributed by atoms with Crippen LogP contribution in [0, 0.1) is 0 Å². The van der Waals surface area contributed by atoms with E-state index in [1.807, 2.05) is 11.8 Å². The van der Waals surface area contributed by atoms with E-state index >= 15 is 0 Å². The minimum absolute atomic E-state index is 0.585. The molecule has 0 aromatic carbocycles. The summed E-state index contributed by atoms with van der Waals surface area (Å²) in [6, 6.07) is 0.585. The summed E-state index contributed by atoms with van der Waals surface area (Å²) in [7, 11) is 0. The van der Waals surface area contributed by atoms with Gasteiger partial charge >= 0.3 is 0 Å². The summed E-state index contributed by atoms with van der Waals surface area (Å²) in [6.45, 7) is 4.66. The molecule has 1 aromatic rings. The lowest BCUT2D eigenvalue weighted by molar-refractivity contribution is 0.593. The Bertz CT molecular complexity index is 453. The third-order valence-electron chi connectivity index (χ3n) is 3.92. The average molecular weight is 324 g/mol. The van der Waals surface area contributed by atoms with Crippen molar-refractivity contribution in [3.8, 4) is 0 Å². The molecular weight excluding hydrogens is 296 g/mol. The van der Waals surface area contributed by atoms with Crippen molar-refractivity contribution in [2.75, 3.05) is 25.1 Å². The second-order valence-corrected chi connectivity index (χ2v) is 6.56. The third-order valence-corrected chi connectivity index (χ3v) is 4.51. The highest BCUT2D eigenvalue weighted by Gasteiger charge is 2.15. The first-order valence-corrected chi connectivity index (χ1v) is 9.63. The minimum atomic E-state index is 0.585. The first kappa shape index (κ1) is 17.1.